The third-order valence-electron chi connectivity index (χ3n) is 6.86. The molecule has 0 unspecified atom stereocenters. The molecule has 1 aliphatic rings. The number of sulfonamides is 1. The molecule has 2 amide bonds. The van der Waals surface area contributed by atoms with Crippen LogP contribution in [0.2, 0.25) is 0 Å². The number of nitrogens with one attached hydrogen (secondary N) is 2. The maximum Gasteiger partial charge on any atom is 0.243 e. The van der Waals surface area contributed by atoms with Gasteiger partial charge in [0.15, 0.2) is 11.5 Å². The number of hydrogen-bond acceptors (Lipinski definition) is 8. The fraction of sp³-hybridized carbons (Fsp3) is 0.533. The SMILES string of the molecule is CC(C)CN(C[C@@H](O)[C@H](Cc1ccccc1)NC(=O)[C@@H](NC(=O)[C@H](C)N)C(C)(C)C)S(=O)(=O)c1ccc2c(c1)OCO2. The van der Waals surface area contributed by atoms with E-state index in [-0.39, 0.29) is 37.1 Å². The second-order valence-electron chi connectivity index (χ2n) is 12.2. The Morgan fingerprint density at radius 1 is 0.976 bits per heavy atom. The average molecular weight is 605 g/mol. The van der Waals surface area contributed by atoms with Crippen molar-refractivity contribution in [3.63, 3.8) is 0 Å². The number of rotatable bonds is 13. The number of hydrogen-bond donors (Lipinski definition) is 4. The molecule has 0 aliphatic carbocycles. The first-order valence-corrected chi connectivity index (χ1v) is 15.5. The van der Waals surface area contributed by atoms with Crippen molar-refractivity contribution in [2.75, 3.05) is 19.9 Å². The Kier molecular flexibility index (Phi) is 11.0. The summed E-state index contributed by atoms with van der Waals surface area (Å²) in [7, 11) is -4.06. The summed E-state index contributed by atoms with van der Waals surface area (Å²) in [6.45, 7) is 10.6. The van der Waals surface area contributed by atoms with Gasteiger partial charge in [0, 0.05) is 19.2 Å². The van der Waals surface area contributed by atoms with Gasteiger partial charge in [-0.25, -0.2) is 8.42 Å². The predicted octanol–water partition coefficient (Wildman–Crippen LogP) is 2.03. The monoisotopic (exact) mass is 604 g/mol. The highest BCUT2D eigenvalue weighted by atomic mass is 32.2. The molecule has 3 rings (SSSR count). The standard InChI is InChI=1S/C30H44N4O7S/c1-19(2)16-34(42(38,39)22-12-13-25-26(15-22)41-18-40-25)17-24(35)23(14-21-10-8-7-9-11-21)32-29(37)27(30(4,5)6)33-28(36)20(3)31/h7-13,15,19-20,23-24,27,35H,14,16-18,31H2,1-6H3,(H,32,37)(H,33,36)/t20-,23-,24+,27+/m0/s1. The molecule has 0 saturated heterocycles. The number of nitrogens with zero attached hydrogens (tertiary/aromatic N) is 1. The van der Waals surface area contributed by atoms with Crippen molar-refractivity contribution in [1.29, 1.82) is 0 Å². The summed E-state index contributed by atoms with van der Waals surface area (Å²) in [6.07, 6.45) is -1.06. The molecule has 42 heavy (non-hydrogen) atoms. The third-order valence-corrected chi connectivity index (χ3v) is 8.69. The number of aliphatic hydroxyl groups is 1. The molecule has 5 N–H and O–H groups in total. The van der Waals surface area contributed by atoms with E-state index >= 15 is 0 Å². The molecular formula is C30H44N4O7S. The van der Waals surface area contributed by atoms with E-state index in [1.54, 1.807) is 6.07 Å². The molecule has 4 atom stereocenters. The Morgan fingerprint density at radius 2 is 1.62 bits per heavy atom. The zero-order chi connectivity index (χ0) is 31.2. The molecule has 2 aromatic carbocycles. The normalized spacial score (nSPS) is 16.1. The van der Waals surface area contributed by atoms with Gasteiger partial charge in [0.25, 0.3) is 0 Å². The van der Waals surface area contributed by atoms with Crippen LogP contribution in [0.3, 0.4) is 0 Å². The van der Waals surface area contributed by atoms with Crippen molar-refractivity contribution in [2.24, 2.45) is 17.1 Å². The van der Waals surface area contributed by atoms with Crippen LogP contribution in [0.4, 0.5) is 0 Å². The molecule has 0 fully saturated rings. The fourth-order valence-corrected chi connectivity index (χ4v) is 6.20. The average Bonchev–Trinajstić information content (AvgIpc) is 3.38. The quantitative estimate of drug-likeness (QED) is 0.270. The summed E-state index contributed by atoms with van der Waals surface area (Å²) < 4.78 is 39.5. The van der Waals surface area contributed by atoms with Gasteiger partial charge in [0.1, 0.15) is 6.04 Å². The lowest BCUT2D eigenvalue weighted by Gasteiger charge is -2.35. The summed E-state index contributed by atoms with van der Waals surface area (Å²) >= 11 is 0. The summed E-state index contributed by atoms with van der Waals surface area (Å²) in [4.78, 5) is 26.0. The maximum atomic E-state index is 13.8. The molecule has 0 bridgehead atoms. The first-order chi connectivity index (χ1) is 19.6. The van der Waals surface area contributed by atoms with Crippen LogP contribution >= 0.6 is 0 Å². The first kappa shape index (κ1) is 33.3. The Hall–Kier alpha value is -3.19. The third kappa shape index (κ3) is 8.66. The minimum atomic E-state index is -4.06. The van der Waals surface area contributed by atoms with Gasteiger partial charge in [0.2, 0.25) is 28.6 Å². The van der Waals surface area contributed by atoms with Crippen LogP contribution in [0.1, 0.15) is 47.1 Å². The largest absolute Gasteiger partial charge is 0.454 e. The van der Waals surface area contributed by atoms with Crippen LogP contribution in [-0.4, -0.2) is 73.8 Å². The number of nitrogens with two attached hydrogens (primary N) is 1. The van der Waals surface area contributed by atoms with Crippen LogP contribution in [-0.2, 0) is 26.0 Å². The molecule has 0 saturated carbocycles. The smallest absolute Gasteiger partial charge is 0.243 e. The topological polar surface area (TPSA) is 160 Å². The van der Waals surface area contributed by atoms with Crippen molar-refractivity contribution < 1.29 is 32.6 Å². The van der Waals surface area contributed by atoms with E-state index in [0.717, 1.165) is 5.56 Å². The van der Waals surface area contributed by atoms with Crippen molar-refractivity contribution in [2.45, 2.75) is 77.1 Å². The van der Waals surface area contributed by atoms with Crippen LogP contribution in [0.15, 0.2) is 53.4 Å². The highest BCUT2D eigenvalue weighted by molar-refractivity contribution is 7.89. The lowest BCUT2D eigenvalue weighted by atomic mass is 9.85. The van der Waals surface area contributed by atoms with Crippen molar-refractivity contribution in [3.8, 4) is 11.5 Å². The molecule has 1 heterocycles. The van der Waals surface area contributed by atoms with E-state index in [2.05, 4.69) is 10.6 Å². The Morgan fingerprint density at radius 3 is 2.21 bits per heavy atom. The van der Waals surface area contributed by atoms with Crippen LogP contribution in [0.5, 0.6) is 11.5 Å². The van der Waals surface area contributed by atoms with E-state index in [1.165, 1.54) is 23.4 Å². The number of carbonyl (C=O) groups excluding carboxylic acids is 2. The number of benzene rings is 2. The predicted molar refractivity (Wildman–Crippen MR) is 159 cm³/mol. The summed E-state index contributed by atoms with van der Waals surface area (Å²) in [6, 6.07) is 11.0. The molecule has 0 aromatic heterocycles. The zero-order valence-corrected chi connectivity index (χ0v) is 26.0. The van der Waals surface area contributed by atoms with Crippen LogP contribution in [0.25, 0.3) is 0 Å². The lowest BCUT2D eigenvalue weighted by molar-refractivity contribution is -0.133. The van der Waals surface area contributed by atoms with E-state index in [9.17, 15) is 23.1 Å². The lowest BCUT2D eigenvalue weighted by Crippen LogP contribution is -2.60. The molecular weight excluding hydrogens is 560 g/mol. The second-order valence-corrected chi connectivity index (χ2v) is 14.1. The minimum absolute atomic E-state index is 0.00826. The van der Waals surface area contributed by atoms with Gasteiger partial charge >= 0.3 is 0 Å². The molecule has 232 valence electrons. The Balaban J connectivity index is 1.91. The Labute approximate surface area is 248 Å². The van der Waals surface area contributed by atoms with Gasteiger partial charge in [-0.1, -0.05) is 65.0 Å². The summed E-state index contributed by atoms with van der Waals surface area (Å²) in [5, 5.41) is 17.2. The van der Waals surface area contributed by atoms with Crippen LogP contribution < -0.4 is 25.8 Å². The summed E-state index contributed by atoms with van der Waals surface area (Å²) in [5.41, 5.74) is 5.89. The van der Waals surface area contributed by atoms with Gasteiger partial charge in [0.05, 0.1) is 23.1 Å². The first-order valence-electron chi connectivity index (χ1n) is 14.1. The van der Waals surface area contributed by atoms with E-state index in [1.807, 2.05) is 65.0 Å². The van der Waals surface area contributed by atoms with E-state index in [0.29, 0.717) is 11.5 Å². The molecule has 1 aliphatic heterocycles. The van der Waals surface area contributed by atoms with Crippen molar-refractivity contribution >= 4 is 21.8 Å². The number of aliphatic hydroxyl groups excluding tert-OH is 1. The van der Waals surface area contributed by atoms with E-state index in [4.69, 9.17) is 15.2 Å². The zero-order valence-electron chi connectivity index (χ0n) is 25.2. The maximum absolute atomic E-state index is 13.8. The number of ether oxygens (including phenoxy) is 2. The van der Waals surface area contributed by atoms with Gasteiger partial charge < -0.3 is 30.9 Å². The summed E-state index contributed by atoms with van der Waals surface area (Å²) in [5.74, 6) is -0.257. The van der Waals surface area contributed by atoms with E-state index < -0.39 is 51.5 Å². The molecule has 0 spiro atoms. The van der Waals surface area contributed by atoms with Crippen molar-refractivity contribution in [1.82, 2.24) is 14.9 Å². The van der Waals surface area contributed by atoms with Crippen molar-refractivity contribution in [3.05, 3.63) is 54.1 Å². The van der Waals surface area contributed by atoms with Gasteiger partial charge in [-0.2, -0.15) is 4.31 Å². The molecule has 11 nitrogen and oxygen atoms in total. The molecule has 0 radical (unpaired) electrons. The molecule has 2 aromatic rings. The van der Waals surface area contributed by atoms with Gasteiger partial charge in [-0.15, -0.1) is 0 Å². The highest BCUT2D eigenvalue weighted by Crippen LogP contribution is 2.35. The number of amides is 2. The Bertz CT molecular complexity index is 1330. The second kappa shape index (κ2) is 13.9. The van der Waals surface area contributed by atoms with Crippen LogP contribution in [0, 0.1) is 11.3 Å². The number of carbonyl (C=O) groups is 2. The minimum Gasteiger partial charge on any atom is -0.454 e. The van der Waals surface area contributed by atoms with Gasteiger partial charge in [-0.3, -0.25) is 9.59 Å². The fourth-order valence-electron chi connectivity index (χ4n) is 4.57. The van der Waals surface area contributed by atoms with Gasteiger partial charge in [-0.05, 0) is 42.4 Å². The number of fused-ring (bicyclic) bond motifs is 1. The highest BCUT2D eigenvalue weighted by Gasteiger charge is 2.37. The molecule has 12 heteroatoms.